The minimum absolute atomic E-state index is 0.0582. The molecule has 2 fully saturated rings. The summed E-state index contributed by atoms with van der Waals surface area (Å²) in [6, 6.07) is 4.79. The minimum atomic E-state index is -4.86. The molecule has 1 spiro atoms. The van der Waals surface area contributed by atoms with E-state index in [0.717, 1.165) is 30.2 Å². The van der Waals surface area contributed by atoms with Crippen molar-refractivity contribution < 1.29 is 32.3 Å². The fourth-order valence-electron chi connectivity index (χ4n) is 4.36. The molecule has 1 heterocycles. The standard InChI is InChI=1S/C20H24F3N3O4/c1-12-6-5-7-13(2)19(12)17(28)26(18(29)25-19)11-16(27)24-10-14-8-3-4-9-15(14)30-20(21,22)23/h3-4,8-9,12-13H,5-7,10-11H2,1-2H3,(H,24,27)(H,25,29)/t12-,13-/m1/s1. The van der Waals surface area contributed by atoms with Crippen LogP contribution in [0.2, 0.25) is 0 Å². The number of benzene rings is 1. The maximum absolute atomic E-state index is 13.1. The van der Waals surface area contributed by atoms with Crippen molar-refractivity contribution in [2.24, 2.45) is 11.8 Å². The van der Waals surface area contributed by atoms with Crippen molar-refractivity contribution in [3.8, 4) is 5.75 Å². The van der Waals surface area contributed by atoms with Gasteiger partial charge in [0.2, 0.25) is 5.91 Å². The maximum atomic E-state index is 13.1. The van der Waals surface area contributed by atoms with Crippen molar-refractivity contribution >= 4 is 17.8 Å². The fourth-order valence-corrected chi connectivity index (χ4v) is 4.36. The largest absolute Gasteiger partial charge is 0.573 e. The van der Waals surface area contributed by atoms with Crippen LogP contribution in [-0.2, 0) is 16.1 Å². The molecule has 164 valence electrons. The van der Waals surface area contributed by atoms with E-state index in [1.54, 1.807) is 0 Å². The molecule has 0 radical (unpaired) electrons. The van der Waals surface area contributed by atoms with Gasteiger partial charge in [-0.1, -0.05) is 38.5 Å². The summed E-state index contributed by atoms with van der Waals surface area (Å²) in [6.45, 7) is 3.07. The zero-order valence-electron chi connectivity index (χ0n) is 16.7. The predicted octanol–water partition coefficient (Wildman–Crippen LogP) is 2.95. The third-order valence-electron chi connectivity index (χ3n) is 5.96. The van der Waals surface area contributed by atoms with Crippen molar-refractivity contribution in [3.05, 3.63) is 29.8 Å². The Kier molecular flexibility index (Phi) is 5.96. The Bertz CT molecular complexity index is 833. The number of urea groups is 1. The van der Waals surface area contributed by atoms with Gasteiger partial charge in [0.1, 0.15) is 17.8 Å². The number of rotatable bonds is 5. The van der Waals surface area contributed by atoms with Crippen molar-refractivity contribution in [2.45, 2.75) is 51.6 Å². The second-order valence-electron chi connectivity index (χ2n) is 7.86. The van der Waals surface area contributed by atoms with Gasteiger partial charge < -0.3 is 15.4 Å². The Labute approximate surface area is 171 Å². The Morgan fingerprint density at radius 2 is 1.87 bits per heavy atom. The predicted molar refractivity (Wildman–Crippen MR) is 100 cm³/mol. The van der Waals surface area contributed by atoms with Crippen LogP contribution in [0.15, 0.2) is 24.3 Å². The first-order valence-corrected chi connectivity index (χ1v) is 9.79. The van der Waals surface area contributed by atoms with Crippen molar-refractivity contribution in [1.29, 1.82) is 0 Å². The summed E-state index contributed by atoms with van der Waals surface area (Å²) in [5, 5.41) is 5.24. The molecule has 7 nitrogen and oxygen atoms in total. The van der Waals surface area contributed by atoms with Crippen LogP contribution >= 0.6 is 0 Å². The summed E-state index contributed by atoms with van der Waals surface area (Å²) in [6.07, 6.45) is -2.30. The van der Waals surface area contributed by atoms with Gasteiger partial charge in [-0.25, -0.2) is 4.79 Å². The quantitative estimate of drug-likeness (QED) is 0.708. The molecule has 1 saturated carbocycles. The van der Waals surface area contributed by atoms with E-state index in [1.807, 2.05) is 13.8 Å². The second kappa shape index (κ2) is 8.16. The number of halogens is 3. The lowest BCUT2D eigenvalue weighted by atomic mass is 9.67. The fraction of sp³-hybridized carbons (Fsp3) is 0.550. The summed E-state index contributed by atoms with van der Waals surface area (Å²) in [5.41, 5.74) is -0.894. The van der Waals surface area contributed by atoms with Crippen molar-refractivity contribution in [1.82, 2.24) is 15.5 Å². The summed E-state index contributed by atoms with van der Waals surface area (Å²) >= 11 is 0. The highest BCUT2D eigenvalue weighted by Crippen LogP contribution is 2.42. The Balaban J connectivity index is 1.65. The lowest BCUT2D eigenvalue weighted by Crippen LogP contribution is -2.59. The van der Waals surface area contributed by atoms with Crippen LogP contribution in [0.3, 0.4) is 0 Å². The van der Waals surface area contributed by atoms with Crippen LogP contribution in [0, 0.1) is 11.8 Å². The molecule has 3 rings (SSSR count). The number of hydrogen-bond acceptors (Lipinski definition) is 4. The molecule has 2 aliphatic rings. The average molecular weight is 427 g/mol. The maximum Gasteiger partial charge on any atom is 0.573 e. The second-order valence-corrected chi connectivity index (χ2v) is 7.86. The minimum Gasteiger partial charge on any atom is -0.405 e. The van der Waals surface area contributed by atoms with Crippen molar-refractivity contribution in [3.63, 3.8) is 0 Å². The molecule has 2 atom stereocenters. The molecule has 1 aromatic carbocycles. The van der Waals surface area contributed by atoms with Gasteiger partial charge in [0, 0.05) is 12.1 Å². The number of amides is 4. The molecule has 4 amide bonds. The molecule has 0 unspecified atom stereocenters. The van der Waals surface area contributed by atoms with Crippen LogP contribution in [0.5, 0.6) is 5.75 Å². The third-order valence-corrected chi connectivity index (χ3v) is 5.96. The highest BCUT2D eigenvalue weighted by atomic mass is 19.4. The zero-order valence-corrected chi connectivity index (χ0v) is 16.7. The van der Waals surface area contributed by atoms with E-state index in [2.05, 4.69) is 15.4 Å². The Morgan fingerprint density at radius 3 is 2.50 bits per heavy atom. The van der Waals surface area contributed by atoms with Gasteiger partial charge in [-0.05, 0) is 30.7 Å². The first-order chi connectivity index (χ1) is 14.0. The molecule has 30 heavy (non-hydrogen) atoms. The lowest BCUT2D eigenvalue weighted by molar-refractivity contribution is -0.274. The van der Waals surface area contributed by atoms with Gasteiger partial charge in [0.15, 0.2) is 0 Å². The van der Waals surface area contributed by atoms with E-state index < -0.39 is 42.0 Å². The Morgan fingerprint density at radius 1 is 1.23 bits per heavy atom. The monoisotopic (exact) mass is 427 g/mol. The molecule has 1 saturated heterocycles. The number of nitrogens with one attached hydrogen (secondary N) is 2. The third kappa shape index (κ3) is 4.22. The molecule has 1 aliphatic carbocycles. The van der Waals surface area contributed by atoms with Crippen LogP contribution in [-0.4, -0.2) is 41.2 Å². The molecular weight excluding hydrogens is 403 g/mol. The van der Waals surface area contributed by atoms with Crippen LogP contribution < -0.4 is 15.4 Å². The molecule has 1 aromatic rings. The number of ether oxygens (including phenoxy) is 1. The molecule has 0 aromatic heterocycles. The number of carbonyl (C=O) groups is 3. The summed E-state index contributed by atoms with van der Waals surface area (Å²) in [5.74, 6) is -1.63. The number of nitrogens with zero attached hydrogens (tertiary/aromatic N) is 1. The van der Waals surface area contributed by atoms with Crippen LogP contribution in [0.4, 0.5) is 18.0 Å². The molecule has 0 bridgehead atoms. The smallest absolute Gasteiger partial charge is 0.405 e. The number of imide groups is 1. The number of carbonyl (C=O) groups excluding carboxylic acids is 3. The van der Waals surface area contributed by atoms with E-state index in [1.165, 1.54) is 18.2 Å². The molecule has 1 aliphatic heterocycles. The highest BCUT2D eigenvalue weighted by Gasteiger charge is 2.58. The van der Waals surface area contributed by atoms with E-state index in [0.29, 0.717) is 0 Å². The molecular formula is C20H24F3N3O4. The van der Waals surface area contributed by atoms with Gasteiger partial charge in [0.05, 0.1) is 0 Å². The molecule has 2 N–H and O–H groups in total. The van der Waals surface area contributed by atoms with Crippen LogP contribution in [0.25, 0.3) is 0 Å². The number of para-hydroxylation sites is 1. The first-order valence-electron chi connectivity index (χ1n) is 9.79. The van der Waals surface area contributed by atoms with Gasteiger partial charge in [-0.2, -0.15) is 0 Å². The Hall–Kier alpha value is -2.78. The SMILES string of the molecule is C[C@@H]1CCC[C@@H](C)C12NC(=O)N(CC(=O)NCc1ccccc1OC(F)(F)F)C2=O. The van der Waals surface area contributed by atoms with Gasteiger partial charge in [0.25, 0.3) is 5.91 Å². The van der Waals surface area contributed by atoms with Gasteiger partial charge in [-0.15, -0.1) is 13.2 Å². The summed E-state index contributed by atoms with van der Waals surface area (Å²) < 4.78 is 41.5. The van der Waals surface area contributed by atoms with Crippen molar-refractivity contribution in [2.75, 3.05) is 6.54 Å². The van der Waals surface area contributed by atoms with E-state index >= 15 is 0 Å². The average Bonchev–Trinajstić information content (AvgIpc) is 2.90. The van der Waals surface area contributed by atoms with Gasteiger partial charge in [-0.3, -0.25) is 14.5 Å². The molecule has 10 heteroatoms. The summed E-state index contributed by atoms with van der Waals surface area (Å²) in [4.78, 5) is 38.7. The van der Waals surface area contributed by atoms with E-state index in [-0.39, 0.29) is 23.9 Å². The zero-order chi connectivity index (χ0) is 22.1. The van der Waals surface area contributed by atoms with E-state index in [9.17, 15) is 27.6 Å². The lowest BCUT2D eigenvalue weighted by Gasteiger charge is -2.42. The highest BCUT2D eigenvalue weighted by molar-refractivity contribution is 6.09. The van der Waals surface area contributed by atoms with Gasteiger partial charge >= 0.3 is 12.4 Å². The number of alkyl halides is 3. The first kappa shape index (κ1) is 21.9. The van der Waals surface area contributed by atoms with E-state index in [4.69, 9.17) is 0 Å². The summed E-state index contributed by atoms with van der Waals surface area (Å²) in [7, 11) is 0. The topological polar surface area (TPSA) is 87.7 Å². The normalized spacial score (nSPS) is 23.4. The van der Waals surface area contributed by atoms with Crippen LogP contribution in [0.1, 0.15) is 38.7 Å². The number of hydrogen-bond donors (Lipinski definition) is 2.